The highest BCUT2D eigenvalue weighted by Gasteiger charge is 2.24. The fraction of sp³-hybridized carbons (Fsp3) is 0.625. The maximum Gasteiger partial charge on any atom is 0.0426 e. The average Bonchev–Trinajstić information content (AvgIpc) is 2.67. The first kappa shape index (κ1) is 15.7. The molecular formula is C16H27N3S. The maximum atomic E-state index is 6.04. The number of hydrogen-bond donors (Lipinski definition) is 1. The minimum absolute atomic E-state index is 0.588. The zero-order chi connectivity index (χ0) is 14.5. The molecule has 0 saturated carbocycles. The zero-order valence-corrected chi connectivity index (χ0v) is 13.7. The molecular weight excluding hydrogens is 266 g/mol. The summed E-state index contributed by atoms with van der Waals surface area (Å²) in [6.45, 7) is 6.37. The lowest BCUT2D eigenvalue weighted by Crippen LogP contribution is -2.40. The molecule has 0 amide bonds. The number of nitrogens with two attached hydrogens (primary N) is 1. The maximum absolute atomic E-state index is 6.04. The van der Waals surface area contributed by atoms with Crippen molar-refractivity contribution in [3.05, 3.63) is 23.8 Å². The van der Waals surface area contributed by atoms with Crippen molar-refractivity contribution in [2.75, 3.05) is 37.8 Å². The van der Waals surface area contributed by atoms with Crippen molar-refractivity contribution in [3.63, 3.8) is 0 Å². The third-order valence-electron chi connectivity index (χ3n) is 4.22. The van der Waals surface area contributed by atoms with E-state index in [1.165, 1.54) is 35.5 Å². The highest BCUT2D eigenvalue weighted by atomic mass is 32.2. The van der Waals surface area contributed by atoms with E-state index in [4.69, 9.17) is 5.73 Å². The molecule has 1 aromatic carbocycles. The van der Waals surface area contributed by atoms with E-state index in [0.717, 1.165) is 13.1 Å². The van der Waals surface area contributed by atoms with Crippen LogP contribution in [0.15, 0.2) is 23.1 Å². The van der Waals surface area contributed by atoms with Gasteiger partial charge in [0.2, 0.25) is 0 Å². The minimum atomic E-state index is 0.588. The molecule has 1 aliphatic rings. The molecule has 2 rings (SSSR count). The Morgan fingerprint density at radius 2 is 2.15 bits per heavy atom. The Hall–Kier alpha value is -0.710. The van der Waals surface area contributed by atoms with E-state index < -0.39 is 0 Å². The molecule has 0 aromatic heterocycles. The second-order valence-corrected chi connectivity index (χ2v) is 6.38. The first-order valence-electron chi connectivity index (χ1n) is 7.52. The Kier molecular flexibility index (Phi) is 5.75. The molecule has 112 valence electrons. The molecule has 0 spiro atoms. The monoisotopic (exact) mass is 293 g/mol. The molecule has 1 atom stereocenters. The summed E-state index contributed by atoms with van der Waals surface area (Å²) in [7, 11) is 2.23. The molecule has 3 nitrogen and oxygen atoms in total. The smallest absolute Gasteiger partial charge is 0.0426 e. The standard InChI is InChI=1S/C16H27N3S/c1-4-13-12-18(2)9-6-10-19(13)15-7-5-8-16(20-3)14(15)11-17/h5,7-8,13H,4,6,9-12,17H2,1-3H3. The molecule has 4 heteroatoms. The van der Waals surface area contributed by atoms with Crippen LogP contribution in [0.1, 0.15) is 25.3 Å². The number of hydrogen-bond acceptors (Lipinski definition) is 4. The van der Waals surface area contributed by atoms with Crippen LogP contribution in [0.25, 0.3) is 0 Å². The Morgan fingerprint density at radius 1 is 1.35 bits per heavy atom. The van der Waals surface area contributed by atoms with Crippen LogP contribution >= 0.6 is 11.8 Å². The third-order valence-corrected chi connectivity index (χ3v) is 5.04. The van der Waals surface area contributed by atoms with E-state index in [2.05, 4.69) is 48.2 Å². The lowest BCUT2D eigenvalue weighted by Gasteiger charge is -2.34. The second kappa shape index (κ2) is 7.34. The van der Waals surface area contributed by atoms with Crippen LogP contribution in [0.5, 0.6) is 0 Å². The molecule has 1 saturated heterocycles. The van der Waals surface area contributed by atoms with Gasteiger partial charge in [0.15, 0.2) is 0 Å². The second-order valence-electron chi connectivity index (χ2n) is 5.53. The summed E-state index contributed by atoms with van der Waals surface area (Å²) in [5.74, 6) is 0. The molecule has 0 aliphatic carbocycles. The van der Waals surface area contributed by atoms with Crippen LogP contribution in [0.2, 0.25) is 0 Å². The van der Waals surface area contributed by atoms with Gasteiger partial charge in [-0.25, -0.2) is 0 Å². The highest BCUT2D eigenvalue weighted by molar-refractivity contribution is 7.98. The van der Waals surface area contributed by atoms with Crippen molar-refractivity contribution in [2.45, 2.75) is 37.2 Å². The van der Waals surface area contributed by atoms with Gasteiger partial charge in [-0.3, -0.25) is 0 Å². The molecule has 1 heterocycles. The summed E-state index contributed by atoms with van der Waals surface area (Å²) >= 11 is 1.80. The number of thioether (sulfide) groups is 1. The van der Waals surface area contributed by atoms with Gasteiger partial charge in [-0.15, -0.1) is 11.8 Å². The van der Waals surface area contributed by atoms with Gasteiger partial charge >= 0.3 is 0 Å². The molecule has 0 bridgehead atoms. The van der Waals surface area contributed by atoms with Crippen molar-refractivity contribution in [1.82, 2.24) is 4.90 Å². The van der Waals surface area contributed by atoms with Crippen LogP contribution in [0.4, 0.5) is 5.69 Å². The predicted octanol–water partition coefficient (Wildman–Crippen LogP) is 2.79. The SMILES string of the molecule is CCC1CN(C)CCCN1c1cccc(SC)c1CN. The van der Waals surface area contributed by atoms with Gasteiger partial charge in [0, 0.05) is 41.8 Å². The largest absolute Gasteiger partial charge is 0.367 e. The molecule has 1 unspecified atom stereocenters. The van der Waals surface area contributed by atoms with Crippen LogP contribution in [-0.4, -0.2) is 43.9 Å². The average molecular weight is 293 g/mol. The predicted molar refractivity (Wildman–Crippen MR) is 89.7 cm³/mol. The summed E-state index contributed by atoms with van der Waals surface area (Å²) in [5, 5.41) is 0. The number of rotatable bonds is 4. The molecule has 20 heavy (non-hydrogen) atoms. The summed E-state index contributed by atoms with van der Waals surface area (Å²) in [6, 6.07) is 7.18. The minimum Gasteiger partial charge on any atom is -0.367 e. The van der Waals surface area contributed by atoms with Gasteiger partial charge in [-0.1, -0.05) is 13.0 Å². The number of anilines is 1. The van der Waals surface area contributed by atoms with E-state index in [0.29, 0.717) is 12.6 Å². The van der Waals surface area contributed by atoms with Gasteiger partial charge in [0.1, 0.15) is 0 Å². The van der Waals surface area contributed by atoms with Gasteiger partial charge in [0.25, 0.3) is 0 Å². The lowest BCUT2D eigenvalue weighted by atomic mass is 10.1. The van der Waals surface area contributed by atoms with Crippen LogP contribution in [0, 0.1) is 0 Å². The number of nitrogens with zero attached hydrogens (tertiary/aromatic N) is 2. The number of benzene rings is 1. The Balaban J connectivity index is 2.37. The Bertz CT molecular complexity index is 436. The van der Waals surface area contributed by atoms with Crippen LogP contribution in [-0.2, 0) is 6.54 Å². The van der Waals surface area contributed by atoms with E-state index in [1.807, 2.05) is 0 Å². The van der Waals surface area contributed by atoms with E-state index in [-0.39, 0.29) is 0 Å². The van der Waals surface area contributed by atoms with Gasteiger partial charge < -0.3 is 15.5 Å². The summed E-state index contributed by atoms with van der Waals surface area (Å²) < 4.78 is 0. The molecule has 1 fully saturated rings. The van der Waals surface area contributed by atoms with Crippen molar-refractivity contribution in [3.8, 4) is 0 Å². The van der Waals surface area contributed by atoms with Crippen molar-refractivity contribution in [2.24, 2.45) is 5.73 Å². The normalized spacial score (nSPS) is 21.0. The van der Waals surface area contributed by atoms with Gasteiger partial charge in [0.05, 0.1) is 0 Å². The van der Waals surface area contributed by atoms with Crippen molar-refractivity contribution < 1.29 is 0 Å². The lowest BCUT2D eigenvalue weighted by molar-refractivity contribution is 0.328. The molecule has 1 aliphatic heterocycles. The van der Waals surface area contributed by atoms with Crippen LogP contribution in [0.3, 0.4) is 0 Å². The van der Waals surface area contributed by atoms with E-state index in [9.17, 15) is 0 Å². The van der Waals surface area contributed by atoms with Crippen LogP contribution < -0.4 is 10.6 Å². The Labute approximate surface area is 127 Å². The first-order chi connectivity index (χ1) is 9.71. The summed E-state index contributed by atoms with van der Waals surface area (Å²) in [6.07, 6.45) is 4.53. The fourth-order valence-corrected chi connectivity index (χ4v) is 3.78. The summed E-state index contributed by atoms with van der Waals surface area (Å²) in [4.78, 5) is 6.36. The Morgan fingerprint density at radius 3 is 2.80 bits per heavy atom. The van der Waals surface area contributed by atoms with Gasteiger partial charge in [-0.05, 0) is 44.8 Å². The zero-order valence-electron chi connectivity index (χ0n) is 12.9. The molecule has 2 N–H and O–H groups in total. The third kappa shape index (κ3) is 3.30. The van der Waals surface area contributed by atoms with Crippen molar-refractivity contribution in [1.29, 1.82) is 0 Å². The quantitative estimate of drug-likeness (QED) is 0.865. The molecule has 0 radical (unpaired) electrons. The first-order valence-corrected chi connectivity index (χ1v) is 8.74. The summed E-state index contributed by atoms with van der Waals surface area (Å²) in [5.41, 5.74) is 8.69. The van der Waals surface area contributed by atoms with Crippen molar-refractivity contribution >= 4 is 17.4 Å². The highest BCUT2D eigenvalue weighted by Crippen LogP contribution is 2.32. The number of likely N-dealkylation sites (N-methyl/N-ethyl adjacent to an activating group) is 1. The van der Waals surface area contributed by atoms with E-state index in [1.54, 1.807) is 11.8 Å². The van der Waals surface area contributed by atoms with Gasteiger partial charge in [-0.2, -0.15) is 0 Å². The van der Waals surface area contributed by atoms with E-state index >= 15 is 0 Å². The fourth-order valence-electron chi connectivity index (χ4n) is 3.13. The molecule has 1 aromatic rings. The topological polar surface area (TPSA) is 32.5 Å².